The van der Waals surface area contributed by atoms with Gasteiger partial charge in [0, 0.05) is 18.8 Å². The molecule has 1 rings (SSSR count). The molecule has 18 heavy (non-hydrogen) atoms. The number of hydrogen-bond acceptors (Lipinski definition) is 3. The third-order valence-electron chi connectivity index (χ3n) is 2.76. The summed E-state index contributed by atoms with van der Waals surface area (Å²) in [6.45, 7) is 5.98. The normalized spacial score (nSPS) is 14.0. The van der Waals surface area contributed by atoms with Gasteiger partial charge in [0.15, 0.2) is 5.78 Å². The maximum Gasteiger partial charge on any atom is 0.302 e. The van der Waals surface area contributed by atoms with Gasteiger partial charge in [-0.15, -0.1) is 0 Å². The van der Waals surface area contributed by atoms with Crippen molar-refractivity contribution in [2.45, 2.75) is 38.1 Å². The van der Waals surface area contributed by atoms with E-state index in [1.165, 1.54) is 6.92 Å². The molecule has 0 aliphatic heterocycles. The predicted molar refractivity (Wildman–Crippen MR) is 72.9 cm³/mol. The van der Waals surface area contributed by atoms with E-state index in [0.717, 1.165) is 5.69 Å². The van der Waals surface area contributed by atoms with E-state index in [1.54, 1.807) is 0 Å². The minimum absolute atomic E-state index is 0.141. The van der Waals surface area contributed by atoms with E-state index >= 15 is 0 Å². The lowest BCUT2D eigenvalue weighted by molar-refractivity contribution is -0.141. The van der Waals surface area contributed by atoms with Crippen molar-refractivity contribution in [1.82, 2.24) is 4.57 Å². The zero-order chi connectivity index (χ0) is 13.7. The largest absolute Gasteiger partial charge is 0.464 e. The Morgan fingerprint density at radius 1 is 1.44 bits per heavy atom. The Labute approximate surface area is 115 Å². The molecule has 0 N–H and O–H groups in total. The first kappa shape index (κ1) is 15.0. The fraction of sp³-hybridized carbons (Fsp3) is 0.538. The van der Waals surface area contributed by atoms with Crippen LogP contribution in [0.5, 0.6) is 0 Å². The number of carbonyl (C=O) groups is 2. The molecule has 0 fully saturated rings. The fourth-order valence-electron chi connectivity index (χ4n) is 1.80. The van der Waals surface area contributed by atoms with Crippen molar-refractivity contribution in [2.24, 2.45) is 0 Å². The Morgan fingerprint density at radius 2 is 2.11 bits per heavy atom. The second-order valence-electron chi connectivity index (χ2n) is 4.21. The number of aromatic nitrogens is 1. The van der Waals surface area contributed by atoms with Gasteiger partial charge in [-0.1, -0.05) is 15.9 Å². The first-order valence-corrected chi connectivity index (χ1v) is 6.81. The van der Waals surface area contributed by atoms with Crippen LogP contribution in [0, 0.1) is 0 Å². The lowest BCUT2D eigenvalue weighted by atomic mass is 10.0. The van der Waals surface area contributed by atoms with E-state index in [4.69, 9.17) is 4.74 Å². The van der Waals surface area contributed by atoms with Gasteiger partial charge in [0.1, 0.15) is 6.61 Å². The van der Waals surface area contributed by atoms with E-state index < -0.39 is 0 Å². The zero-order valence-electron chi connectivity index (χ0n) is 10.9. The van der Waals surface area contributed by atoms with E-state index in [9.17, 15) is 9.59 Å². The van der Waals surface area contributed by atoms with Crippen molar-refractivity contribution in [2.75, 3.05) is 6.61 Å². The number of hydrogen-bond donors (Lipinski definition) is 0. The number of rotatable bonds is 6. The molecule has 5 heteroatoms. The van der Waals surface area contributed by atoms with Crippen LogP contribution < -0.4 is 0 Å². The number of esters is 1. The smallest absolute Gasteiger partial charge is 0.302 e. The van der Waals surface area contributed by atoms with Crippen LogP contribution in [0.2, 0.25) is 0 Å². The number of alkyl halides is 1. The standard InChI is InChI=1S/C13H18BrNO3/c1-9(13(17)10(2)14)12-5-4-6-15(12)7-8-18-11(3)16/h4-6,9-10H,7-8H2,1-3H3. The van der Waals surface area contributed by atoms with Gasteiger partial charge < -0.3 is 9.30 Å². The molecular formula is C13H18BrNO3. The van der Waals surface area contributed by atoms with Crippen LogP contribution >= 0.6 is 15.9 Å². The van der Waals surface area contributed by atoms with Crippen LogP contribution in [-0.4, -0.2) is 27.8 Å². The Morgan fingerprint density at radius 3 is 2.67 bits per heavy atom. The van der Waals surface area contributed by atoms with Crippen LogP contribution in [0.1, 0.15) is 32.4 Å². The summed E-state index contributed by atoms with van der Waals surface area (Å²) in [5.74, 6) is -0.323. The maximum atomic E-state index is 11.9. The van der Waals surface area contributed by atoms with Gasteiger partial charge >= 0.3 is 5.97 Å². The predicted octanol–water partition coefficient (Wildman–Crippen LogP) is 2.51. The average Bonchev–Trinajstić information content (AvgIpc) is 2.74. The first-order chi connectivity index (χ1) is 8.43. The monoisotopic (exact) mass is 315 g/mol. The van der Waals surface area contributed by atoms with Crippen LogP contribution in [0.3, 0.4) is 0 Å². The summed E-state index contributed by atoms with van der Waals surface area (Å²) in [6.07, 6.45) is 1.89. The Hall–Kier alpha value is -1.10. The lowest BCUT2D eigenvalue weighted by Crippen LogP contribution is -2.21. The van der Waals surface area contributed by atoms with Crippen molar-refractivity contribution in [3.05, 3.63) is 24.0 Å². The molecule has 4 nitrogen and oxygen atoms in total. The SMILES string of the molecule is CC(=O)OCCn1cccc1C(C)C(=O)C(C)Br. The summed E-state index contributed by atoms with van der Waals surface area (Å²) in [5.41, 5.74) is 0.943. The molecule has 0 saturated carbocycles. The Balaban J connectivity index is 2.70. The maximum absolute atomic E-state index is 11.9. The van der Waals surface area contributed by atoms with Crippen molar-refractivity contribution in [3.8, 4) is 0 Å². The molecule has 0 aliphatic rings. The van der Waals surface area contributed by atoms with Crippen LogP contribution in [0.15, 0.2) is 18.3 Å². The van der Waals surface area contributed by atoms with E-state index in [1.807, 2.05) is 36.7 Å². The summed E-state index contributed by atoms with van der Waals surface area (Å²) in [4.78, 5) is 22.5. The number of carbonyl (C=O) groups excluding carboxylic acids is 2. The number of Topliss-reactive ketones (excluding diaryl/α,β-unsaturated/α-hetero) is 1. The third kappa shape index (κ3) is 3.98. The fourth-order valence-corrected chi connectivity index (χ4v) is 2.20. The van der Waals surface area contributed by atoms with Crippen molar-refractivity contribution in [3.63, 3.8) is 0 Å². The number of nitrogens with zero attached hydrogens (tertiary/aromatic N) is 1. The summed E-state index contributed by atoms with van der Waals surface area (Å²) in [7, 11) is 0. The van der Waals surface area contributed by atoms with Gasteiger partial charge in [0.05, 0.1) is 17.3 Å². The third-order valence-corrected chi connectivity index (χ3v) is 3.22. The molecule has 2 atom stereocenters. The van der Waals surface area contributed by atoms with Gasteiger partial charge in [0.2, 0.25) is 0 Å². The quantitative estimate of drug-likeness (QED) is 0.598. The van der Waals surface area contributed by atoms with Gasteiger partial charge in [0.25, 0.3) is 0 Å². The van der Waals surface area contributed by atoms with Crippen LogP contribution in [0.4, 0.5) is 0 Å². The highest BCUT2D eigenvalue weighted by molar-refractivity contribution is 9.10. The highest BCUT2D eigenvalue weighted by Crippen LogP contribution is 2.21. The number of ether oxygens (including phenoxy) is 1. The van der Waals surface area contributed by atoms with E-state index in [-0.39, 0.29) is 22.5 Å². The molecule has 0 saturated heterocycles. The highest BCUT2D eigenvalue weighted by Gasteiger charge is 2.21. The summed E-state index contributed by atoms with van der Waals surface area (Å²) >= 11 is 3.29. The molecule has 0 aromatic carbocycles. The second kappa shape index (κ2) is 6.73. The summed E-state index contributed by atoms with van der Waals surface area (Å²) in [6, 6.07) is 3.82. The lowest BCUT2D eigenvalue weighted by Gasteiger charge is -2.16. The molecule has 100 valence electrons. The molecule has 0 amide bonds. The van der Waals surface area contributed by atoms with Crippen LogP contribution in [0.25, 0.3) is 0 Å². The number of halogens is 1. The van der Waals surface area contributed by atoms with Crippen molar-refractivity contribution < 1.29 is 14.3 Å². The summed E-state index contributed by atoms with van der Waals surface area (Å²) in [5, 5.41) is 0. The second-order valence-corrected chi connectivity index (χ2v) is 5.58. The molecular weight excluding hydrogens is 298 g/mol. The molecule has 1 aromatic rings. The minimum atomic E-state index is -0.290. The molecule has 0 spiro atoms. The summed E-state index contributed by atoms with van der Waals surface area (Å²) < 4.78 is 6.85. The Kier molecular flexibility index (Phi) is 5.59. The van der Waals surface area contributed by atoms with Crippen LogP contribution in [-0.2, 0) is 20.9 Å². The Bertz CT molecular complexity index is 426. The van der Waals surface area contributed by atoms with E-state index in [0.29, 0.717) is 13.2 Å². The average molecular weight is 316 g/mol. The minimum Gasteiger partial charge on any atom is -0.464 e. The molecule has 1 aromatic heterocycles. The molecule has 0 aliphatic carbocycles. The molecule has 0 radical (unpaired) electrons. The highest BCUT2D eigenvalue weighted by atomic mass is 79.9. The van der Waals surface area contributed by atoms with Gasteiger partial charge in [-0.25, -0.2) is 0 Å². The number of ketones is 1. The van der Waals surface area contributed by atoms with Crippen molar-refractivity contribution >= 4 is 27.7 Å². The van der Waals surface area contributed by atoms with Gasteiger partial charge in [-0.05, 0) is 26.0 Å². The molecule has 2 unspecified atom stereocenters. The topological polar surface area (TPSA) is 48.3 Å². The first-order valence-electron chi connectivity index (χ1n) is 5.89. The van der Waals surface area contributed by atoms with E-state index in [2.05, 4.69) is 15.9 Å². The van der Waals surface area contributed by atoms with Gasteiger partial charge in [-0.3, -0.25) is 9.59 Å². The molecule has 0 bridgehead atoms. The van der Waals surface area contributed by atoms with Gasteiger partial charge in [-0.2, -0.15) is 0 Å². The zero-order valence-corrected chi connectivity index (χ0v) is 12.4. The van der Waals surface area contributed by atoms with Crippen molar-refractivity contribution in [1.29, 1.82) is 0 Å². The molecule has 1 heterocycles.